The Hall–Kier alpha value is -0.0800. The molecule has 0 radical (unpaired) electrons. The first-order valence-electron chi connectivity index (χ1n) is 6.65. The maximum Gasteiger partial charge on any atom is 0.0503 e. The first-order valence-corrected chi connectivity index (χ1v) is 6.65. The van der Waals surface area contributed by atoms with Crippen LogP contribution in [0.3, 0.4) is 0 Å². The van der Waals surface area contributed by atoms with Crippen LogP contribution < -0.4 is 5.32 Å². The van der Waals surface area contributed by atoms with Gasteiger partial charge in [-0.2, -0.15) is 0 Å². The molecule has 0 amide bonds. The largest absolute Gasteiger partial charge is 0.381 e. The van der Waals surface area contributed by atoms with E-state index >= 15 is 0 Å². The fourth-order valence-corrected chi connectivity index (χ4v) is 2.33. The van der Waals surface area contributed by atoms with Crippen molar-refractivity contribution in [3.05, 3.63) is 0 Å². The molecule has 0 heterocycles. The van der Waals surface area contributed by atoms with Crippen LogP contribution >= 0.6 is 0 Å². The van der Waals surface area contributed by atoms with Crippen LogP contribution in [-0.4, -0.2) is 25.8 Å². The summed E-state index contributed by atoms with van der Waals surface area (Å²) in [5, 5.41) is 3.55. The molecule has 0 aromatic heterocycles. The third-order valence-electron chi connectivity index (χ3n) is 3.56. The molecule has 2 aliphatic carbocycles. The molecule has 0 aliphatic heterocycles. The highest BCUT2D eigenvalue weighted by Gasteiger charge is 2.21. The lowest BCUT2D eigenvalue weighted by Gasteiger charge is -2.15. The molecular formula is C13H25NO. The summed E-state index contributed by atoms with van der Waals surface area (Å²) >= 11 is 0. The number of hydrogen-bond donors (Lipinski definition) is 1. The van der Waals surface area contributed by atoms with Crippen molar-refractivity contribution >= 4 is 0 Å². The molecule has 15 heavy (non-hydrogen) atoms. The minimum Gasteiger partial charge on any atom is -0.381 e. The summed E-state index contributed by atoms with van der Waals surface area (Å²) in [6, 6.07) is 0.835. The predicted molar refractivity (Wildman–Crippen MR) is 63.0 cm³/mol. The Labute approximate surface area is 93.8 Å². The van der Waals surface area contributed by atoms with E-state index in [1.807, 2.05) is 0 Å². The van der Waals surface area contributed by atoms with Crippen LogP contribution in [0.15, 0.2) is 0 Å². The van der Waals surface area contributed by atoms with Crippen molar-refractivity contribution in [2.24, 2.45) is 11.8 Å². The zero-order valence-electron chi connectivity index (χ0n) is 10.0. The quantitative estimate of drug-likeness (QED) is 0.699. The Balaban J connectivity index is 1.44. The fraction of sp³-hybridized carbons (Fsp3) is 1.00. The molecule has 2 aliphatic rings. The third-order valence-corrected chi connectivity index (χ3v) is 3.56. The van der Waals surface area contributed by atoms with Gasteiger partial charge in [0, 0.05) is 19.2 Å². The molecule has 0 aromatic rings. The Morgan fingerprint density at radius 1 is 1.20 bits per heavy atom. The number of hydrogen-bond acceptors (Lipinski definition) is 2. The van der Waals surface area contributed by atoms with E-state index in [1.165, 1.54) is 38.5 Å². The standard InChI is InChI=1S/C13H25NO/c1-11(8-14-13-6-7-13)9-15-10-12-4-2-3-5-12/h11-14H,2-10H2,1H3. The van der Waals surface area contributed by atoms with Crippen LogP contribution in [0.25, 0.3) is 0 Å². The number of ether oxygens (including phenoxy) is 1. The summed E-state index contributed by atoms with van der Waals surface area (Å²) in [5.74, 6) is 1.54. The summed E-state index contributed by atoms with van der Waals surface area (Å²) in [4.78, 5) is 0. The Morgan fingerprint density at radius 2 is 1.93 bits per heavy atom. The first kappa shape index (κ1) is 11.4. The average Bonchev–Trinajstić information content (AvgIpc) is 2.92. The molecule has 2 heteroatoms. The van der Waals surface area contributed by atoms with E-state index in [-0.39, 0.29) is 0 Å². The second kappa shape index (κ2) is 5.86. The molecular weight excluding hydrogens is 186 g/mol. The second-order valence-electron chi connectivity index (χ2n) is 5.48. The predicted octanol–water partition coefficient (Wildman–Crippen LogP) is 2.58. The minimum atomic E-state index is 0.673. The third kappa shape index (κ3) is 4.52. The van der Waals surface area contributed by atoms with E-state index < -0.39 is 0 Å². The van der Waals surface area contributed by atoms with E-state index in [2.05, 4.69) is 12.2 Å². The fourth-order valence-electron chi connectivity index (χ4n) is 2.33. The SMILES string of the molecule is CC(CNC1CC1)COCC1CCCC1. The van der Waals surface area contributed by atoms with Gasteiger partial charge in [-0.05, 0) is 37.5 Å². The molecule has 2 nitrogen and oxygen atoms in total. The van der Waals surface area contributed by atoms with Gasteiger partial charge in [0.05, 0.1) is 6.61 Å². The lowest BCUT2D eigenvalue weighted by molar-refractivity contribution is 0.0768. The van der Waals surface area contributed by atoms with Crippen molar-refractivity contribution in [2.75, 3.05) is 19.8 Å². The summed E-state index contributed by atoms with van der Waals surface area (Å²) in [7, 11) is 0. The smallest absolute Gasteiger partial charge is 0.0503 e. The van der Waals surface area contributed by atoms with Crippen molar-refractivity contribution in [2.45, 2.75) is 51.5 Å². The average molecular weight is 211 g/mol. The molecule has 1 atom stereocenters. The highest BCUT2D eigenvalue weighted by atomic mass is 16.5. The van der Waals surface area contributed by atoms with E-state index in [4.69, 9.17) is 4.74 Å². The maximum absolute atomic E-state index is 5.79. The van der Waals surface area contributed by atoms with Crippen LogP contribution in [0.4, 0.5) is 0 Å². The normalized spacial score (nSPS) is 24.6. The molecule has 2 saturated carbocycles. The second-order valence-corrected chi connectivity index (χ2v) is 5.48. The van der Waals surface area contributed by atoms with Crippen molar-refractivity contribution < 1.29 is 4.74 Å². The summed E-state index contributed by atoms with van der Waals surface area (Å²) in [5.41, 5.74) is 0. The Bertz CT molecular complexity index is 173. The van der Waals surface area contributed by atoms with Gasteiger partial charge in [-0.1, -0.05) is 19.8 Å². The lowest BCUT2D eigenvalue weighted by atomic mass is 10.1. The van der Waals surface area contributed by atoms with Gasteiger partial charge >= 0.3 is 0 Å². The topological polar surface area (TPSA) is 21.3 Å². The molecule has 1 N–H and O–H groups in total. The first-order chi connectivity index (χ1) is 7.34. The minimum absolute atomic E-state index is 0.673. The molecule has 0 spiro atoms. The van der Waals surface area contributed by atoms with Crippen molar-refractivity contribution in [1.82, 2.24) is 5.32 Å². The van der Waals surface area contributed by atoms with E-state index in [1.54, 1.807) is 0 Å². The molecule has 0 saturated heterocycles. The van der Waals surface area contributed by atoms with Gasteiger partial charge in [0.25, 0.3) is 0 Å². The van der Waals surface area contributed by atoms with Crippen LogP contribution in [0.2, 0.25) is 0 Å². The highest BCUT2D eigenvalue weighted by Crippen LogP contribution is 2.24. The van der Waals surface area contributed by atoms with Gasteiger partial charge in [0.1, 0.15) is 0 Å². The van der Waals surface area contributed by atoms with E-state index in [0.717, 1.165) is 31.7 Å². The van der Waals surface area contributed by atoms with E-state index in [9.17, 15) is 0 Å². The van der Waals surface area contributed by atoms with Gasteiger partial charge < -0.3 is 10.1 Å². The molecule has 88 valence electrons. The van der Waals surface area contributed by atoms with Gasteiger partial charge in [-0.15, -0.1) is 0 Å². The molecule has 0 aromatic carbocycles. The monoisotopic (exact) mass is 211 g/mol. The van der Waals surface area contributed by atoms with Gasteiger partial charge in [-0.25, -0.2) is 0 Å². The lowest BCUT2D eigenvalue weighted by Crippen LogP contribution is -2.26. The van der Waals surface area contributed by atoms with Crippen LogP contribution in [0.1, 0.15) is 45.4 Å². The zero-order valence-corrected chi connectivity index (χ0v) is 10.0. The highest BCUT2D eigenvalue weighted by molar-refractivity contribution is 4.81. The van der Waals surface area contributed by atoms with Crippen molar-refractivity contribution in [3.63, 3.8) is 0 Å². The zero-order chi connectivity index (χ0) is 10.5. The molecule has 2 fully saturated rings. The van der Waals surface area contributed by atoms with Crippen molar-refractivity contribution in [3.8, 4) is 0 Å². The summed E-state index contributed by atoms with van der Waals surface area (Å²) in [6.07, 6.45) is 8.41. The molecule has 2 rings (SSSR count). The van der Waals surface area contributed by atoms with E-state index in [0.29, 0.717) is 5.92 Å². The van der Waals surface area contributed by atoms with Crippen LogP contribution in [-0.2, 0) is 4.74 Å². The van der Waals surface area contributed by atoms with Crippen LogP contribution in [0.5, 0.6) is 0 Å². The maximum atomic E-state index is 5.79. The Morgan fingerprint density at radius 3 is 2.60 bits per heavy atom. The van der Waals surface area contributed by atoms with Crippen molar-refractivity contribution in [1.29, 1.82) is 0 Å². The Kier molecular flexibility index (Phi) is 4.45. The van der Waals surface area contributed by atoms with Gasteiger partial charge in [-0.3, -0.25) is 0 Å². The van der Waals surface area contributed by atoms with Gasteiger partial charge in [0.2, 0.25) is 0 Å². The van der Waals surface area contributed by atoms with Gasteiger partial charge in [0.15, 0.2) is 0 Å². The van der Waals surface area contributed by atoms with Crippen LogP contribution in [0, 0.1) is 11.8 Å². The number of rotatable bonds is 7. The summed E-state index contributed by atoms with van der Waals surface area (Å²) in [6.45, 7) is 5.36. The number of nitrogens with one attached hydrogen (secondary N) is 1. The molecule has 1 unspecified atom stereocenters. The summed E-state index contributed by atoms with van der Waals surface area (Å²) < 4.78 is 5.79. The molecule has 0 bridgehead atoms.